The van der Waals surface area contributed by atoms with Crippen LogP contribution in [0.5, 0.6) is 11.5 Å². The van der Waals surface area contributed by atoms with E-state index in [1.807, 2.05) is 45.2 Å². The predicted molar refractivity (Wildman–Crippen MR) is 126 cm³/mol. The number of phenols is 1. The molecular formula is C18H13I3O6. The van der Waals surface area contributed by atoms with Gasteiger partial charge in [-0.2, -0.15) is 0 Å². The van der Waals surface area contributed by atoms with Crippen LogP contribution < -0.4 is 4.74 Å². The van der Waals surface area contributed by atoms with Crippen LogP contribution in [0.2, 0.25) is 0 Å². The van der Waals surface area contributed by atoms with Gasteiger partial charge < -0.3 is 19.7 Å². The molecule has 0 saturated heterocycles. The normalized spacial score (nSPS) is 10.3. The van der Waals surface area contributed by atoms with E-state index in [0.29, 0.717) is 18.5 Å². The topological polar surface area (TPSA) is 93.1 Å². The van der Waals surface area contributed by atoms with Crippen LogP contribution in [-0.4, -0.2) is 35.4 Å². The fourth-order valence-corrected chi connectivity index (χ4v) is 6.25. The highest BCUT2D eigenvalue weighted by Gasteiger charge is 2.20. The Morgan fingerprint density at radius 3 is 2.41 bits per heavy atom. The number of halogens is 3. The van der Waals surface area contributed by atoms with Crippen molar-refractivity contribution in [1.29, 1.82) is 0 Å². The van der Waals surface area contributed by atoms with Crippen LogP contribution in [0.15, 0.2) is 30.8 Å². The van der Waals surface area contributed by atoms with E-state index in [2.05, 4.69) is 29.2 Å². The Morgan fingerprint density at radius 2 is 1.81 bits per heavy atom. The van der Waals surface area contributed by atoms with Crippen LogP contribution in [0.1, 0.15) is 26.3 Å². The first-order valence-corrected chi connectivity index (χ1v) is 10.7. The van der Waals surface area contributed by atoms with Gasteiger partial charge in [-0.25, -0.2) is 9.59 Å². The summed E-state index contributed by atoms with van der Waals surface area (Å²) in [7, 11) is 0. The lowest BCUT2D eigenvalue weighted by Crippen LogP contribution is -2.14. The van der Waals surface area contributed by atoms with Crippen LogP contribution >= 0.6 is 67.8 Å². The van der Waals surface area contributed by atoms with Crippen molar-refractivity contribution in [2.45, 2.75) is 0 Å². The molecule has 2 rings (SSSR count). The highest BCUT2D eigenvalue weighted by molar-refractivity contribution is 14.1. The van der Waals surface area contributed by atoms with Gasteiger partial charge in [0.15, 0.2) is 0 Å². The van der Waals surface area contributed by atoms with Crippen molar-refractivity contribution in [3.05, 3.63) is 58.2 Å². The van der Waals surface area contributed by atoms with Gasteiger partial charge in [0.25, 0.3) is 0 Å². The van der Waals surface area contributed by atoms with Gasteiger partial charge in [-0.1, -0.05) is 18.7 Å². The summed E-state index contributed by atoms with van der Waals surface area (Å²) in [6, 6.07) is 6.24. The van der Waals surface area contributed by atoms with Crippen LogP contribution in [0.25, 0.3) is 6.08 Å². The zero-order valence-electron chi connectivity index (χ0n) is 13.7. The van der Waals surface area contributed by atoms with Gasteiger partial charge in [0.2, 0.25) is 0 Å². The van der Waals surface area contributed by atoms with Crippen molar-refractivity contribution in [3.63, 3.8) is 0 Å². The summed E-state index contributed by atoms with van der Waals surface area (Å²) in [5.74, 6) is -1.46. The number of aromatic carboxylic acids is 1. The van der Waals surface area contributed by atoms with Crippen molar-refractivity contribution < 1.29 is 29.3 Å². The average Bonchev–Trinajstić information content (AvgIpc) is 2.59. The van der Waals surface area contributed by atoms with Crippen LogP contribution in [0.4, 0.5) is 0 Å². The summed E-state index contributed by atoms with van der Waals surface area (Å²) < 4.78 is 12.6. The minimum absolute atomic E-state index is 0.0445. The van der Waals surface area contributed by atoms with Gasteiger partial charge in [-0.3, -0.25) is 0 Å². The van der Waals surface area contributed by atoms with Gasteiger partial charge in [0.05, 0.1) is 12.7 Å². The highest BCUT2D eigenvalue weighted by atomic mass is 127. The van der Waals surface area contributed by atoms with Crippen LogP contribution in [0, 0.1) is 10.7 Å². The molecule has 2 N–H and O–H groups in total. The molecule has 0 heterocycles. The summed E-state index contributed by atoms with van der Waals surface area (Å²) in [5, 5.41) is 19.2. The molecule has 0 saturated carbocycles. The smallest absolute Gasteiger partial charge is 0.342 e. The third kappa shape index (κ3) is 5.47. The molecule has 9 heteroatoms. The number of ether oxygens (including phenoxy) is 2. The summed E-state index contributed by atoms with van der Waals surface area (Å²) in [6.45, 7) is 3.58. The van der Waals surface area contributed by atoms with E-state index >= 15 is 0 Å². The monoisotopic (exact) mass is 706 g/mol. The van der Waals surface area contributed by atoms with Crippen LogP contribution in [0.3, 0.4) is 0 Å². The van der Waals surface area contributed by atoms with Gasteiger partial charge in [0.1, 0.15) is 30.3 Å². The molecule has 2 aromatic carbocycles. The van der Waals surface area contributed by atoms with Crippen molar-refractivity contribution in [3.8, 4) is 11.5 Å². The number of carboxylic acid groups (broad SMARTS) is 1. The number of hydrogen-bond donors (Lipinski definition) is 2. The molecule has 0 aliphatic rings. The zero-order valence-corrected chi connectivity index (χ0v) is 20.1. The summed E-state index contributed by atoms with van der Waals surface area (Å²) >= 11 is 5.96. The number of carbonyl (C=O) groups excluding carboxylic acids is 1. The molecular weight excluding hydrogens is 693 g/mol. The summed E-state index contributed by atoms with van der Waals surface area (Å²) in [6.07, 6.45) is 1.55. The van der Waals surface area contributed by atoms with E-state index in [4.69, 9.17) is 9.47 Å². The minimum atomic E-state index is -1.03. The molecule has 27 heavy (non-hydrogen) atoms. The van der Waals surface area contributed by atoms with E-state index in [9.17, 15) is 19.8 Å². The average molecular weight is 706 g/mol. The molecule has 0 fully saturated rings. The Kier molecular flexibility index (Phi) is 8.15. The van der Waals surface area contributed by atoms with Crippen molar-refractivity contribution >= 4 is 85.8 Å². The van der Waals surface area contributed by atoms with Crippen molar-refractivity contribution in [1.82, 2.24) is 0 Å². The summed E-state index contributed by atoms with van der Waals surface area (Å²) in [5.41, 5.74) is 0.910. The maximum absolute atomic E-state index is 12.1. The van der Waals surface area contributed by atoms with Crippen LogP contribution in [-0.2, 0) is 4.74 Å². The van der Waals surface area contributed by atoms with Gasteiger partial charge in [-0.15, -0.1) is 0 Å². The fourth-order valence-electron chi connectivity index (χ4n) is 2.10. The second-order valence-corrected chi connectivity index (χ2v) is 8.53. The van der Waals surface area contributed by atoms with E-state index in [1.54, 1.807) is 18.2 Å². The lowest BCUT2D eigenvalue weighted by molar-refractivity contribution is 0.0446. The van der Waals surface area contributed by atoms with E-state index in [0.717, 1.165) is 3.57 Å². The standard InChI is InChI=1S/C18H13I3O6/c1-2-9-3-4-10(13(22)7-9)18(25)27-6-5-26-16-12(20)8-11(19)14(15(16)21)17(23)24/h2-4,7-8,22H,1,5-6H2,(H,23,24). The lowest BCUT2D eigenvalue weighted by atomic mass is 10.1. The molecule has 0 spiro atoms. The number of aromatic hydroxyl groups is 1. The highest BCUT2D eigenvalue weighted by Crippen LogP contribution is 2.33. The van der Waals surface area contributed by atoms with E-state index in [1.165, 1.54) is 12.1 Å². The molecule has 0 unspecified atom stereocenters. The fraction of sp³-hybridized carbons (Fsp3) is 0.111. The molecule has 0 radical (unpaired) electrons. The Balaban J connectivity index is 2.01. The minimum Gasteiger partial charge on any atom is -0.507 e. The molecule has 0 amide bonds. The number of carboxylic acids is 1. The molecule has 2 aromatic rings. The van der Waals surface area contributed by atoms with E-state index in [-0.39, 0.29) is 30.1 Å². The molecule has 0 aliphatic heterocycles. The number of hydrogen-bond acceptors (Lipinski definition) is 5. The molecule has 142 valence electrons. The number of phenolic OH excluding ortho intramolecular Hbond substituents is 1. The van der Waals surface area contributed by atoms with Crippen molar-refractivity contribution in [2.24, 2.45) is 0 Å². The van der Waals surface area contributed by atoms with Gasteiger partial charge in [0, 0.05) is 3.57 Å². The number of carbonyl (C=O) groups is 2. The third-order valence-corrected chi connectivity index (χ3v) is 6.06. The number of rotatable bonds is 7. The maximum Gasteiger partial charge on any atom is 0.342 e. The Hall–Kier alpha value is -1.09. The molecule has 0 bridgehead atoms. The van der Waals surface area contributed by atoms with Gasteiger partial charge >= 0.3 is 11.9 Å². The second-order valence-electron chi connectivity index (χ2n) is 5.13. The Bertz CT molecular complexity index is 910. The lowest BCUT2D eigenvalue weighted by Gasteiger charge is -2.14. The zero-order chi connectivity index (χ0) is 20.1. The molecule has 6 nitrogen and oxygen atoms in total. The number of esters is 1. The maximum atomic E-state index is 12.1. The third-order valence-electron chi connectivity index (χ3n) is 3.38. The second kappa shape index (κ2) is 9.91. The number of benzene rings is 2. The Labute approximate surface area is 196 Å². The first kappa shape index (κ1) is 22.2. The van der Waals surface area contributed by atoms with Gasteiger partial charge in [-0.05, 0) is 91.5 Å². The first-order valence-electron chi connectivity index (χ1n) is 7.42. The quantitative estimate of drug-likeness (QED) is 0.245. The molecule has 0 atom stereocenters. The summed E-state index contributed by atoms with van der Waals surface area (Å²) in [4.78, 5) is 23.4. The predicted octanol–water partition coefficient (Wildman–Crippen LogP) is 4.78. The first-order chi connectivity index (χ1) is 12.8. The molecule has 0 aromatic heterocycles. The largest absolute Gasteiger partial charge is 0.507 e. The molecule has 0 aliphatic carbocycles. The van der Waals surface area contributed by atoms with E-state index < -0.39 is 11.9 Å². The Morgan fingerprint density at radius 1 is 1.11 bits per heavy atom. The SMILES string of the molecule is C=Cc1ccc(C(=O)OCCOc2c(I)cc(I)c(C(=O)O)c2I)c(O)c1. The van der Waals surface area contributed by atoms with Crippen molar-refractivity contribution in [2.75, 3.05) is 13.2 Å².